The fourth-order valence-electron chi connectivity index (χ4n) is 3.17. The molecule has 6 nitrogen and oxygen atoms in total. The molecule has 0 saturated carbocycles. The van der Waals surface area contributed by atoms with E-state index in [0.29, 0.717) is 17.5 Å². The maximum atomic E-state index is 11.4. The molecule has 144 valence electrons. The predicted octanol–water partition coefficient (Wildman–Crippen LogP) is 4.70. The van der Waals surface area contributed by atoms with E-state index < -0.39 is 5.97 Å². The number of carbonyl (C=O) groups is 1. The van der Waals surface area contributed by atoms with Crippen molar-refractivity contribution in [1.29, 1.82) is 0 Å². The van der Waals surface area contributed by atoms with Crippen molar-refractivity contribution in [2.24, 2.45) is 5.90 Å². The number of carboxylic acid groups (broad SMARTS) is 1. The first-order valence-electron chi connectivity index (χ1n) is 9.27. The number of hydrogen-bond donors (Lipinski definition) is 2. The van der Waals surface area contributed by atoms with Crippen molar-refractivity contribution in [2.45, 2.75) is 26.2 Å². The van der Waals surface area contributed by atoms with Crippen LogP contribution in [0.3, 0.4) is 0 Å². The number of rotatable bonds is 5. The van der Waals surface area contributed by atoms with Gasteiger partial charge in [0.2, 0.25) is 0 Å². The van der Waals surface area contributed by atoms with E-state index in [1.165, 1.54) is 19.2 Å². The maximum Gasteiger partial charge on any atom is 0.355 e. The Morgan fingerprint density at radius 1 is 1.04 bits per heavy atom. The van der Waals surface area contributed by atoms with E-state index in [0.717, 1.165) is 28.0 Å². The van der Waals surface area contributed by atoms with E-state index >= 15 is 0 Å². The van der Waals surface area contributed by atoms with Gasteiger partial charge in [-0.05, 0) is 46.2 Å². The first-order chi connectivity index (χ1) is 13.7. The number of aromatic carboxylic acids is 1. The Hall–Kier alpha value is -3.09. The standard InChI is InChI=1S/C17H10N2O2.C5H13NO/c20-17(21)16-15-13-8-11-4-2-1-3-10(11)7-12(13)5-6-14(15)18-9-19-16;1-2-3-4-5-7-6/h1-9H,(H,20,21);2-6H2,1H3. The quantitative estimate of drug-likeness (QED) is 0.226. The summed E-state index contributed by atoms with van der Waals surface area (Å²) in [6.45, 7) is 2.85. The first-order valence-corrected chi connectivity index (χ1v) is 9.27. The average molecular weight is 377 g/mol. The molecule has 4 rings (SSSR count). The fraction of sp³-hybridized carbons (Fsp3) is 0.227. The van der Waals surface area contributed by atoms with Gasteiger partial charge in [0.25, 0.3) is 0 Å². The van der Waals surface area contributed by atoms with Gasteiger partial charge in [0.15, 0.2) is 5.69 Å². The van der Waals surface area contributed by atoms with Gasteiger partial charge in [0, 0.05) is 5.39 Å². The molecule has 4 aromatic rings. The van der Waals surface area contributed by atoms with Crippen LogP contribution < -0.4 is 5.90 Å². The van der Waals surface area contributed by atoms with Gasteiger partial charge >= 0.3 is 5.97 Å². The molecule has 0 atom stereocenters. The van der Waals surface area contributed by atoms with E-state index in [4.69, 9.17) is 5.90 Å². The van der Waals surface area contributed by atoms with Gasteiger partial charge in [0.1, 0.15) is 6.33 Å². The fourth-order valence-corrected chi connectivity index (χ4v) is 3.17. The number of fused-ring (bicyclic) bond motifs is 4. The van der Waals surface area contributed by atoms with Gasteiger partial charge < -0.3 is 9.94 Å². The number of nitrogens with zero attached hydrogens (tertiary/aromatic N) is 2. The van der Waals surface area contributed by atoms with Crippen LogP contribution in [-0.4, -0.2) is 27.7 Å². The minimum absolute atomic E-state index is 0.0425. The highest BCUT2D eigenvalue weighted by Crippen LogP contribution is 2.30. The second-order valence-corrected chi connectivity index (χ2v) is 6.49. The monoisotopic (exact) mass is 377 g/mol. The first kappa shape index (κ1) is 19.7. The Bertz CT molecular complexity index is 1110. The molecule has 3 N–H and O–H groups in total. The lowest BCUT2D eigenvalue weighted by Gasteiger charge is -2.07. The van der Waals surface area contributed by atoms with Crippen LogP contribution in [0.5, 0.6) is 0 Å². The van der Waals surface area contributed by atoms with Crippen molar-refractivity contribution in [3.8, 4) is 0 Å². The van der Waals surface area contributed by atoms with E-state index in [1.807, 2.05) is 42.5 Å². The van der Waals surface area contributed by atoms with Crippen molar-refractivity contribution >= 4 is 38.4 Å². The van der Waals surface area contributed by atoms with Crippen LogP contribution in [0.1, 0.15) is 36.7 Å². The molecule has 0 saturated heterocycles. The highest BCUT2D eigenvalue weighted by molar-refractivity contribution is 6.16. The van der Waals surface area contributed by atoms with Crippen LogP contribution in [0.2, 0.25) is 0 Å². The minimum Gasteiger partial charge on any atom is -0.476 e. The van der Waals surface area contributed by atoms with Crippen molar-refractivity contribution in [1.82, 2.24) is 9.97 Å². The van der Waals surface area contributed by atoms with Crippen LogP contribution in [0, 0.1) is 0 Å². The van der Waals surface area contributed by atoms with E-state index in [2.05, 4.69) is 27.8 Å². The Balaban J connectivity index is 0.000000279. The lowest BCUT2D eigenvalue weighted by Crippen LogP contribution is -2.02. The van der Waals surface area contributed by atoms with Gasteiger partial charge in [-0.25, -0.2) is 20.7 Å². The molecule has 28 heavy (non-hydrogen) atoms. The third kappa shape index (κ3) is 4.24. The summed E-state index contributed by atoms with van der Waals surface area (Å²) in [6, 6.07) is 15.9. The molecule has 6 heteroatoms. The summed E-state index contributed by atoms with van der Waals surface area (Å²) in [4.78, 5) is 23.9. The molecule has 3 aromatic carbocycles. The number of benzene rings is 3. The summed E-state index contributed by atoms with van der Waals surface area (Å²) in [6.07, 6.45) is 4.83. The smallest absolute Gasteiger partial charge is 0.355 e. The van der Waals surface area contributed by atoms with Crippen molar-refractivity contribution in [3.05, 3.63) is 60.6 Å². The van der Waals surface area contributed by atoms with Gasteiger partial charge in [-0.1, -0.05) is 50.1 Å². The Labute approximate surface area is 162 Å². The van der Waals surface area contributed by atoms with Crippen LogP contribution in [-0.2, 0) is 4.84 Å². The summed E-state index contributed by atoms with van der Waals surface area (Å²) < 4.78 is 0. The lowest BCUT2D eigenvalue weighted by molar-refractivity contribution is 0.0693. The van der Waals surface area contributed by atoms with Crippen molar-refractivity contribution in [3.63, 3.8) is 0 Å². The summed E-state index contributed by atoms with van der Waals surface area (Å²) in [7, 11) is 0. The number of hydrogen-bond acceptors (Lipinski definition) is 5. The largest absolute Gasteiger partial charge is 0.476 e. The summed E-state index contributed by atoms with van der Waals surface area (Å²) in [5, 5.41) is 14.0. The van der Waals surface area contributed by atoms with Crippen molar-refractivity contribution in [2.75, 3.05) is 6.61 Å². The highest BCUT2D eigenvalue weighted by atomic mass is 16.6. The SMILES string of the molecule is CCCCCON.O=C(O)c1ncnc2ccc3cc4ccccc4cc3c12. The molecule has 0 unspecified atom stereocenters. The molecule has 1 heterocycles. The zero-order valence-corrected chi connectivity index (χ0v) is 15.8. The van der Waals surface area contributed by atoms with Gasteiger partial charge in [-0.15, -0.1) is 0 Å². The van der Waals surface area contributed by atoms with Crippen LogP contribution >= 0.6 is 0 Å². The van der Waals surface area contributed by atoms with Crippen molar-refractivity contribution < 1.29 is 14.7 Å². The number of aromatic nitrogens is 2. The Morgan fingerprint density at radius 2 is 1.79 bits per heavy atom. The third-order valence-corrected chi connectivity index (χ3v) is 4.55. The topological polar surface area (TPSA) is 98.3 Å². The van der Waals surface area contributed by atoms with Crippen LogP contribution in [0.15, 0.2) is 54.9 Å². The molecular formula is C22H23N3O3. The highest BCUT2D eigenvalue weighted by Gasteiger charge is 2.14. The number of nitrogens with two attached hydrogens (primary N) is 1. The van der Waals surface area contributed by atoms with E-state index in [9.17, 15) is 9.90 Å². The number of carboxylic acids is 1. The van der Waals surface area contributed by atoms with E-state index in [-0.39, 0.29) is 5.69 Å². The zero-order valence-electron chi connectivity index (χ0n) is 15.8. The van der Waals surface area contributed by atoms with E-state index in [1.54, 1.807) is 0 Å². The molecule has 0 amide bonds. The summed E-state index contributed by atoms with van der Waals surface area (Å²) in [5.74, 6) is 3.73. The maximum absolute atomic E-state index is 11.4. The minimum atomic E-state index is -1.04. The molecule has 0 aliphatic carbocycles. The lowest BCUT2D eigenvalue weighted by atomic mass is 9.99. The summed E-state index contributed by atoms with van der Waals surface area (Å²) >= 11 is 0. The predicted molar refractivity (Wildman–Crippen MR) is 111 cm³/mol. The number of unbranched alkanes of at least 4 members (excludes halogenated alkanes) is 2. The molecule has 0 bridgehead atoms. The second kappa shape index (κ2) is 9.21. The molecule has 0 spiro atoms. The molecule has 1 aromatic heterocycles. The molecule has 0 radical (unpaired) electrons. The molecule has 0 fully saturated rings. The zero-order chi connectivity index (χ0) is 19.9. The Kier molecular flexibility index (Phi) is 6.47. The van der Waals surface area contributed by atoms with Crippen LogP contribution in [0.4, 0.5) is 0 Å². The molecular weight excluding hydrogens is 354 g/mol. The summed E-state index contributed by atoms with van der Waals surface area (Å²) in [5.41, 5.74) is 0.686. The Morgan fingerprint density at radius 3 is 2.46 bits per heavy atom. The van der Waals surface area contributed by atoms with Gasteiger partial charge in [-0.3, -0.25) is 0 Å². The van der Waals surface area contributed by atoms with Gasteiger partial charge in [0.05, 0.1) is 12.1 Å². The van der Waals surface area contributed by atoms with Gasteiger partial charge in [-0.2, -0.15) is 0 Å². The molecule has 0 aliphatic heterocycles. The van der Waals surface area contributed by atoms with Crippen LogP contribution in [0.25, 0.3) is 32.4 Å². The average Bonchev–Trinajstić information content (AvgIpc) is 2.72. The normalized spacial score (nSPS) is 10.8. The third-order valence-electron chi connectivity index (χ3n) is 4.55. The second-order valence-electron chi connectivity index (χ2n) is 6.49. The molecule has 0 aliphatic rings.